The van der Waals surface area contributed by atoms with E-state index in [4.69, 9.17) is 29.5 Å². The van der Waals surface area contributed by atoms with Gasteiger partial charge in [-0.25, -0.2) is 13.2 Å². The number of carbonyl (C=O) groups excluding carboxylic acids is 6. The number of aliphatic hydroxyl groups excluding tert-OH is 4. The van der Waals surface area contributed by atoms with Gasteiger partial charge in [0.15, 0.2) is 24.6 Å². The number of thiophene rings is 1. The van der Waals surface area contributed by atoms with E-state index in [0.29, 0.717) is 39.6 Å². The van der Waals surface area contributed by atoms with E-state index in [-0.39, 0.29) is 146 Å². The summed E-state index contributed by atoms with van der Waals surface area (Å²) < 4.78 is 63.4. The molecule has 13 atom stereocenters. The number of likely N-dealkylation sites (tertiary alicyclic amines) is 3. The number of hydrogen-bond acceptors (Lipinski definition) is 21. The van der Waals surface area contributed by atoms with Gasteiger partial charge in [-0.15, -0.1) is 11.3 Å². The van der Waals surface area contributed by atoms with Gasteiger partial charge in [0.25, 0.3) is 5.91 Å². The maximum absolute atomic E-state index is 14.8. The Morgan fingerprint density at radius 3 is 1.44 bits per heavy atom. The van der Waals surface area contributed by atoms with Crippen LogP contribution in [0.4, 0.5) is 30.2 Å². The van der Waals surface area contributed by atoms with Crippen LogP contribution in [0.2, 0.25) is 0 Å². The summed E-state index contributed by atoms with van der Waals surface area (Å²) in [5, 5.41) is 78.8. The molecule has 4 aromatic carbocycles. The number of piperidine rings is 3. The molecule has 0 spiro atoms. The van der Waals surface area contributed by atoms with E-state index >= 15 is 0 Å². The van der Waals surface area contributed by atoms with Crippen molar-refractivity contribution in [2.75, 3.05) is 75.0 Å². The van der Waals surface area contributed by atoms with Crippen LogP contribution in [-0.4, -0.2) is 197 Å². The molecule has 6 amide bonds. The van der Waals surface area contributed by atoms with Crippen LogP contribution in [0.25, 0.3) is 33.6 Å². The standard InChI is InChI=1S/C29H28FN3O4S.C28H29FN6O5.C28H26FN5O4/c1-17-5-8-27(38-17)22-13-23(22)29(36)32-21-4-2-3-18(12-21)19-6-7-25(20(11-19)14-31)37-26-9-10-33(15-24(26)30)28(35)16-34;1-34-13-18(12-32-34)20-10-21(20)27(38)33-19-4-6-31-23(9-19)16-2-3-25(17(8-16)11-30)40-26-5-7-35(14-22(26)29)28(39)24(37)15-36;29-23-15-34(27(36)16-35)9-6-26(23)38-25-4-3-17(10-19(25)13-30)24-11-20(5-8-32-24)33-28(37)22-12-21(22)18-2-1-7-31-14-18/h2-8,11-12,22-24,26,34H,9-10,13,15-16H2,1H3,(H,32,36);2-4,6,8-9,12-13,20-22,24,26,36-37H,5,7,10,14-15H2,1H3,(H,31,33,38);1-5,7-8,10-11,14,21-23,26,35H,6,9,12,15-16H2,(H,32,33,37)/t22-,23-,24-,26+;20-,21+,22+,24-,26-;21-,22+,23+,26-/m100/s1. The number of aromatic nitrogens is 5. The van der Waals surface area contributed by atoms with Gasteiger partial charge in [-0.3, -0.25) is 48.4 Å². The quantitative estimate of drug-likeness (QED) is 0.0332. The number of benzene rings is 4. The van der Waals surface area contributed by atoms with Crippen LogP contribution in [0.15, 0.2) is 165 Å². The number of hydrogen-bond donors (Lipinski definition) is 7. The van der Waals surface area contributed by atoms with Gasteiger partial charge in [0, 0.05) is 139 Å². The molecule has 7 N–H and O–H groups in total. The van der Waals surface area contributed by atoms with Crippen molar-refractivity contribution < 1.29 is 76.6 Å². The maximum atomic E-state index is 14.8. The number of anilines is 3. The van der Waals surface area contributed by atoms with E-state index in [1.807, 2.05) is 49.6 Å². The number of halogens is 3. The second-order valence-corrected chi connectivity index (χ2v) is 30.6. The summed E-state index contributed by atoms with van der Waals surface area (Å²) in [5.41, 5.74) is 8.59. The minimum Gasteiger partial charge on any atom is -0.486 e. The molecule has 0 radical (unpaired) electrons. The lowest BCUT2D eigenvalue weighted by Crippen LogP contribution is -2.52. The van der Waals surface area contributed by atoms with Crippen molar-refractivity contribution in [1.82, 2.24) is 39.4 Å². The van der Waals surface area contributed by atoms with Crippen molar-refractivity contribution >= 4 is 63.8 Å². The average molecular weight is 1600 g/mol. The van der Waals surface area contributed by atoms with Crippen LogP contribution in [0.3, 0.4) is 0 Å². The van der Waals surface area contributed by atoms with Gasteiger partial charge in [-0.05, 0) is 163 Å². The van der Waals surface area contributed by atoms with Crippen molar-refractivity contribution in [3.8, 4) is 69.1 Å². The molecule has 31 heteroatoms. The largest absolute Gasteiger partial charge is 0.486 e. The van der Waals surface area contributed by atoms with Gasteiger partial charge in [0.1, 0.15) is 67.0 Å². The summed E-state index contributed by atoms with van der Waals surface area (Å²) >= 11 is 1.74. The molecule has 598 valence electrons. The molecule has 6 fully saturated rings. The number of rotatable bonds is 22. The predicted octanol–water partition coefficient (Wildman–Crippen LogP) is 9.48. The molecule has 3 saturated heterocycles. The molecule has 3 aliphatic carbocycles. The SMILES string of the molecule is Cc1ccc([C@@H]2C[C@H]2C(=O)Nc2cccc(-c3ccc(O[C@H]4CCN(C(=O)CO)C[C@H]4F)c(C#N)c3)c2)s1.Cn1cc([C@@H]2C[C@H]2C(=O)Nc2ccnc(-c3ccc(O[C@H]4CCN(C(=O)[C@@H](O)CO)C[C@H]4F)c(C#N)c3)c2)cn1.N#Cc1cc(-c2cc(NC(=O)[C@@H]3C[C@H]3c3cccnc3)ccn2)ccc1O[C@H]1CCN(C(=O)CO)C[C@H]1F. The summed E-state index contributed by atoms with van der Waals surface area (Å²) in [4.78, 5) is 92.8. The Morgan fingerprint density at radius 2 is 0.991 bits per heavy atom. The van der Waals surface area contributed by atoms with E-state index in [2.05, 4.69) is 73.3 Å². The summed E-state index contributed by atoms with van der Waals surface area (Å²) in [6.07, 6.45) is 4.92. The minimum atomic E-state index is -1.58. The van der Waals surface area contributed by atoms with Crippen molar-refractivity contribution in [3.63, 3.8) is 0 Å². The number of nitrogens with zero attached hydrogens (tertiary/aromatic N) is 11. The lowest BCUT2D eigenvalue weighted by Gasteiger charge is -2.35. The fourth-order valence-corrected chi connectivity index (χ4v) is 15.6. The smallest absolute Gasteiger partial charge is 0.253 e. The summed E-state index contributed by atoms with van der Waals surface area (Å²) in [5.74, 6) is -0.821. The first-order valence-corrected chi connectivity index (χ1v) is 38.7. The van der Waals surface area contributed by atoms with Gasteiger partial charge >= 0.3 is 0 Å². The van der Waals surface area contributed by atoms with Crippen LogP contribution in [0.1, 0.15) is 93.9 Å². The molecule has 0 unspecified atom stereocenters. The number of nitriles is 3. The number of aliphatic hydroxyl groups is 4. The third-order valence-electron chi connectivity index (χ3n) is 21.2. The Hall–Kier alpha value is -12.4. The molecular weight excluding hydrogens is 1510 g/mol. The molecule has 3 aliphatic heterocycles. The Kier molecular flexibility index (Phi) is 25.9. The number of nitrogens with one attached hydrogen (secondary N) is 3. The Labute approximate surface area is 669 Å². The lowest BCUT2D eigenvalue weighted by molar-refractivity contribution is -0.146. The molecule has 116 heavy (non-hydrogen) atoms. The van der Waals surface area contributed by atoms with Gasteiger partial charge < -0.3 is 65.3 Å². The van der Waals surface area contributed by atoms with E-state index in [1.54, 1.807) is 126 Å². The van der Waals surface area contributed by atoms with Crippen molar-refractivity contribution in [2.24, 2.45) is 24.8 Å². The van der Waals surface area contributed by atoms with Gasteiger partial charge in [0.2, 0.25) is 29.5 Å². The minimum absolute atomic E-state index is 0.00665. The summed E-state index contributed by atoms with van der Waals surface area (Å²) in [6, 6.07) is 43.6. The lowest BCUT2D eigenvalue weighted by atomic mass is 10.0. The monoisotopic (exact) mass is 1600 g/mol. The zero-order valence-corrected chi connectivity index (χ0v) is 63.9. The fourth-order valence-electron chi connectivity index (χ4n) is 14.5. The molecule has 6 aliphatic rings. The molecule has 27 nitrogen and oxygen atoms in total. The van der Waals surface area contributed by atoms with E-state index in [9.17, 15) is 62.8 Å². The second kappa shape index (κ2) is 36.8. The first-order chi connectivity index (χ1) is 56.1. The number of carbonyl (C=O) groups is 6. The van der Waals surface area contributed by atoms with Crippen LogP contribution in [0, 0.1) is 58.7 Å². The van der Waals surface area contributed by atoms with Gasteiger partial charge in [-0.1, -0.05) is 24.3 Å². The molecule has 9 aromatic rings. The number of pyridine rings is 3. The Bertz CT molecular complexity index is 5250. The number of amides is 6. The van der Waals surface area contributed by atoms with Crippen LogP contribution in [-0.2, 0) is 35.8 Å². The van der Waals surface area contributed by atoms with Gasteiger partial charge in [-0.2, -0.15) is 20.9 Å². The van der Waals surface area contributed by atoms with Crippen molar-refractivity contribution in [3.05, 3.63) is 202 Å². The number of aryl methyl sites for hydroxylation is 2. The first-order valence-electron chi connectivity index (χ1n) is 37.9. The highest BCUT2D eigenvalue weighted by molar-refractivity contribution is 7.12. The predicted molar refractivity (Wildman–Crippen MR) is 419 cm³/mol. The second-order valence-electron chi connectivity index (χ2n) is 29.3. The van der Waals surface area contributed by atoms with Gasteiger partial charge in [0.05, 0.1) is 60.5 Å². The fraction of sp³-hybridized carbons (Fsp3) is 0.353. The number of ether oxygens (including phenoxy) is 3. The van der Waals surface area contributed by atoms with E-state index in [0.717, 1.165) is 46.4 Å². The van der Waals surface area contributed by atoms with Crippen molar-refractivity contribution in [2.45, 2.75) is 106 Å². The molecule has 0 bridgehead atoms. The summed E-state index contributed by atoms with van der Waals surface area (Å²) in [6.45, 7) is 0.0870. The van der Waals surface area contributed by atoms with E-state index < -0.39 is 80.5 Å². The third kappa shape index (κ3) is 19.8. The zero-order chi connectivity index (χ0) is 81.8. The summed E-state index contributed by atoms with van der Waals surface area (Å²) in [7, 11) is 1.84. The van der Waals surface area contributed by atoms with Crippen molar-refractivity contribution in [1.29, 1.82) is 15.8 Å². The molecule has 15 rings (SSSR count). The molecule has 8 heterocycles. The van der Waals surface area contributed by atoms with E-state index in [1.165, 1.54) is 19.6 Å². The average Bonchev–Trinajstić information content (AvgIpc) is 1.63. The topological polar surface area (TPSA) is 385 Å². The normalized spacial score (nSPS) is 22.5. The first kappa shape index (κ1) is 81.6. The Morgan fingerprint density at radius 1 is 0.534 bits per heavy atom. The highest BCUT2D eigenvalue weighted by Gasteiger charge is 2.47. The highest BCUT2D eigenvalue weighted by atomic mass is 32.1. The molecular formula is C85H83F3N14O13S. The Balaban J connectivity index is 0.000000151. The number of alkyl halides is 3. The zero-order valence-electron chi connectivity index (χ0n) is 63.1. The van der Waals surface area contributed by atoms with Crippen LogP contribution >= 0.6 is 11.3 Å². The van der Waals surface area contributed by atoms with Crippen LogP contribution in [0.5, 0.6) is 17.2 Å². The molecule has 3 saturated carbocycles. The van der Waals surface area contributed by atoms with Crippen LogP contribution < -0.4 is 30.2 Å². The highest BCUT2D eigenvalue weighted by Crippen LogP contribution is 2.51. The molecule has 5 aromatic heterocycles. The third-order valence-corrected chi connectivity index (χ3v) is 22.3. The maximum Gasteiger partial charge on any atom is 0.253 e.